The van der Waals surface area contributed by atoms with Gasteiger partial charge >= 0.3 is 10.1 Å². The number of aryl methyl sites for hydroxylation is 2. The fraction of sp³-hybridized carbons (Fsp3) is 0.455. The highest BCUT2D eigenvalue weighted by atomic mass is 32.2. The summed E-state index contributed by atoms with van der Waals surface area (Å²) in [5.41, 5.74) is 1.97. The van der Waals surface area contributed by atoms with E-state index in [0.717, 1.165) is 17.4 Å². The van der Waals surface area contributed by atoms with E-state index in [9.17, 15) is 8.42 Å². The molecule has 15 heavy (non-hydrogen) atoms. The SMILES string of the molecule is CC.Cc1cc(C)cc(OS(C)(=O)=O)c1. The van der Waals surface area contributed by atoms with E-state index < -0.39 is 10.1 Å². The van der Waals surface area contributed by atoms with E-state index in [2.05, 4.69) is 0 Å². The zero-order valence-electron chi connectivity index (χ0n) is 9.87. The van der Waals surface area contributed by atoms with Crippen LogP contribution in [0.5, 0.6) is 5.75 Å². The Bertz CT molecular complexity index is 388. The molecular weight excluding hydrogens is 212 g/mol. The molecule has 0 aromatic heterocycles. The average Bonchev–Trinajstić information content (AvgIpc) is 2.02. The van der Waals surface area contributed by atoms with Gasteiger partial charge in [0.15, 0.2) is 0 Å². The van der Waals surface area contributed by atoms with Crippen LogP contribution in [-0.2, 0) is 10.1 Å². The Morgan fingerprint density at radius 3 is 1.73 bits per heavy atom. The van der Waals surface area contributed by atoms with Crippen LogP contribution in [0.15, 0.2) is 18.2 Å². The van der Waals surface area contributed by atoms with Gasteiger partial charge in [-0.3, -0.25) is 0 Å². The quantitative estimate of drug-likeness (QED) is 0.734. The third-order valence-corrected chi connectivity index (χ3v) is 1.94. The highest BCUT2D eigenvalue weighted by Gasteiger charge is 2.04. The molecule has 0 bridgehead atoms. The van der Waals surface area contributed by atoms with E-state index in [0.29, 0.717) is 5.75 Å². The van der Waals surface area contributed by atoms with E-state index in [1.807, 2.05) is 33.8 Å². The maximum Gasteiger partial charge on any atom is 0.306 e. The predicted molar refractivity (Wildman–Crippen MR) is 62.7 cm³/mol. The van der Waals surface area contributed by atoms with E-state index >= 15 is 0 Å². The fourth-order valence-corrected chi connectivity index (χ4v) is 1.60. The van der Waals surface area contributed by atoms with Crippen molar-refractivity contribution in [2.24, 2.45) is 0 Å². The molecule has 0 unspecified atom stereocenters. The minimum absolute atomic E-state index is 0.375. The molecule has 0 radical (unpaired) electrons. The van der Waals surface area contributed by atoms with Crippen LogP contribution in [0.2, 0.25) is 0 Å². The molecule has 0 saturated carbocycles. The van der Waals surface area contributed by atoms with Crippen molar-refractivity contribution >= 4 is 10.1 Å². The van der Waals surface area contributed by atoms with Gasteiger partial charge < -0.3 is 4.18 Å². The van der Waals surface area contributed by atoms with Crippen LogP contribution in [-0.4, -0.2) is 14.7 Å². The largest absolute Gasteiger partial charge is 0.383 e. The van der Waals surface area contributed by atoms with Gasteiger partial charge in [-0.25, -0.2) is 0 Å². The lowest BCUT2D eigenvalue weighted by molar-refractivity contribution is 0.492. The molecule has 0 atom stereocenters. The summed E-state index contributed by atoms with van der Waals surface area (Å²) >= 11 is 0. The Balaban J connectivity index is 0.000000921. The molecular formula is C11H18O3S. The molecule has 0 heterocycles. The molecule has 3 nitrogen and oxygen atoms in total. The van der Waals surface area contributed by atoms with Gasteiger partial charge in [-0.15, -0.1) is 0 Å². The summed E-state index contributed by atoms with van der Waals surface area (Å²) in [6.07, 6.45) is 1.03. The van der Waals surface area contributed by atoms with Gasteiger partial charge in [-0.1, -0.05) is 19.9 Å². The smallest absolute Gasteiger partial charge is 0.306 e. The summed E-state index contributed by atoms with van der Waals surface area (Å²) in [5, 5.41) is 0. The number of benzene rings is 1. The molecule has 0 saturated heterocycles. The molecule has 0 spiro atoms. The topological polar surface area (TPSA) is 43.4 Å². The fourth-order valence-electron chi connectivity index (χ4n) is 1.16. The van der Waals surface area contributed by atoms with Gasteiger partial charge in [-0.05, 0) is 37.1 Å². The molecule has 1 rings (SSSR count). The third kappa shape index (κ3) is 6.12. The zero-order chi connectivity index (χ0) is 12.1. The number of hydrogen-bond acceptors (Lipinski definition) is 3. The minimum atomic E-state index is -3.41. The first-order valence-corrected chi connectivity index (χ1v) is 6.66. The molecule has 0 amide bonds. The molecule has 1 aromatic rings. The Hall–Kier alpha value is -1.03. The molecule has 4 heteroatoms. The maximum atomic E-state index is 10.8. The van der Waals surface area contributed by atoms with Crippen molar-refractivity contribution < 1.29 is 12.6 Å². The van der Waals surface area contributed by atoms with Crippen molar-refractivity contribution in [2.45, 2.75) is 27.7 Å². The molecule has 0 aliphatic rings. The highest BCUT2D eigenvalue weighted by Crippen LogP contribution is 2.17. The zero-order valence-corrected chi connectivity index (χ0v) is 10.7. The predicted octanol–water partition coefficient (Wildman–Crippen LogP) is 2.67. The molecule has 86 valence electrons. The van der Waals surface area contributed by atoms with Crippen LogP contribution in [0.4, 0.5) is 0 Å². The van der Waals surface area contributed by atoms with Crippen LogP contribution in [0.3, 0.4) is 0 Å². The Kier molecular flexibility index (Phi) is 5.36. The van der Waals surface area contributed by atoms with E-state index in [-0.39, 0.29) is 0 Å². The molecule has 0 aliphatic carbocycles. The van der Waals surface area contributed by atoms with Crippen molar-refractivity contribution in [3.8, 4) is 5.75 Å². The first-order valence-electron chi connectivity index (χ1n) is 4.84. The first-order chi connectivity index (χ1) is 6.87. The first kappa shape index (κ1) is 14.0. The summed E-state index contributed by atoms with van der Waals surface area (Å²) in [6, 6.07) is 5.33. The van der Waals surface area contributed by atoms with Crippen molar-refractivity contribution in [3.63, 3.8) is 0 Å². The van der Waals surface area contributed by atoms with E-state index in [4.69, 9.17) is 4.18 Å². The van der Waals surface area contributed by atoms with Crippen molar-refractivity contribution in [2.75, 3.05) is 6.26 Å². The van der Waals surface area contributed by atoms with Gasteiger partial charge in [0.2, 0.25) is 0 Å². The lowest BCUT2D eigenvalue weighted by Crippen LogP contribution is -2.05. The van der Waals surface area contributed by atoms with Gasteiger partial charge in [-0.2, -0.15) is 8.42 Å². The van der Waals surface area contributed by atoms with Crippen LogP contribution in [0.25, 0.3) is 0 Å². The molecule has 1 aromatic carbocycles. The highest BCUT2D eigenvalue weighted by molar-refractivity contribution is 7.86. The molecule has 0 N–H and O–H groups in total. The number of rotatable bonds is 2. The monoisotopic (exact) mass is 230 g/mol. The lowest BCUT2D eigenvalue weighted by atomic mass is 10.1. The van der Waals surface area contributed by atoms with Crippen molar-refractivity contribution in [3.05, 3.63) is 29.3 Å². The second-order valence-electron chi connectivity index (χ2n) is 3.11. The minimum Gasteiger partial charge on any atom is -0.383 e. The Labute approximate surface area is 92.2 Å². The Morgan fingerprint density at radius 2 is 1.40 bits per heavy atom. The van der Waals surface area contributed by atoms with Crippen LogP contribution >= 0.6 is 0 Å². The Morgan fingerprint density at radius 1 is 1.00 bits per heavy atom. The maximum absolute atomic E-state index is 10.8. The summed E-state index contributed by atoms with van der Waals surface area (Å²) in [5.74, 6) is 0.375. The van der Waals surface area contributed by atoms with Gasteiger partial charge in [0.05, 0.1) is 6.26 Å². The summed E-state index contributed by atoms with van der Waals surface area (Å²) in [7, 11) is -3.41. The normalized spacial score (nSPS) is 10.2. The average molecular weight is 230 g/mol. The van der Waals surface area contributed by atoms with Gasteiger partial charge in [0.25, 0.3) is 0 Å². The summed E-state index contributed by atoms with van der Waals surface area (Å²) < 4.78 is 26.3. The lowest BCUT2D eigenvalue weighted by Gasteiger charge is -2.04. The third-order valence-electron chi connectivity index (χ3n) is 1.44. The molecule has 0 aliphatic heterocycles. The standard InChI is InChI=1S/C9H12O3S.C2H6/c1-7-4-8(2)6-9(5-7)12-13(3,10)11;1-2/h4-6H,1-3H3;1-2H3. The molecule has 0 fully saturated rings. The summed E-state index contributed by atoms with van der Waals surface area (Å²) in [4.78, 5) is 0. The van der Waals surface area contributed by atoms with Crippen LogP contribution in [0, 0.1) is 13.8 Å². The van der Waals surface area contributed by atoms with Crippen LogP contribution < -0.4 is 4.18 Å². The van der Waals surface area contributed by atoms with E-state index in [1.54, 1.807) is 12.1 Å². The van der Waals surface area contributed by atoms with Crippen molar-refractivity contribution in [1.82, 2.24) is 0 Å². The number of hydrogen-bond donors (Lipinski definition) is 0. The van der Waals surface area contributed by atoms with Crippen molar-refractivity contribution in [1.29, 1.82) is 0 Å². The second kappa shape index (κ2) is 5.75. The van der Waals surface area contributed by atoms with E-state index in [1.165, 1.54) is 0 Å². The van der Waals surface area contributed by atoms with Gasteiger partial charge in [0, 0.05) is 0 Å². The van der Waals surface area contributed by atoms with Crippen LogP contribution in [0.1, 0.15) is 25.0 Å². The second-order valence-corrected chi connectivity index (χ2v) is 4.69. The summed E-state index contributed by atoms with van der Waals surface area (Å²) in [6.45, 7) is 7.78. The van der Waals surface area contributed by atoms with Gasteiger partial charge in [0.1, 0.15) is 5.75 Å².